The molecule has 0 saturated heterocycles. The van der Waals surface area contributed by atoms with Gasteiger partial charge in [0.05, 0.1) is 6.04 Å². The zero-order valence-corrected chi connectivity index (χ0v) is 19.2. The van der Waals surface area contributed by atoms with Gasteiger partial charge in [-0.1, -0.05) is 61.4 Å². The highest BCUT2D eigenvalue weighted by Gasteiger charge is 2.41. The van der Waals surface area contributed by atoms with E-state index in [1.54, 1.807) is 0 Å². The van der Waals surface area contributed by atoms with Crippen LogP contribution >= 0.6 is 0 Å². The Hall–Kier alpha value is -3.39. The number of ether oxygens (including phenoxy) is 1. The number of fused-ring (bicyclic) bond motifs is 3. The summed E-state index contributed by atoms with van der Waals surface area (Å²) in [6.07, 6.45) is 3.16. The fourth-order valence-corrected chi connectivity index (χ4v) is 5.03. The lowest BCUT2D eigenvalue weighted by atomic mass is 9.96. The Morgan fingerprint density at radius 2 is 1.59 bits per heavy atom. The summed E-state index contributed by atoms with van der Waals surface area (Å²) in [4.78, 5) is 36.5. The van der Waals surface area contributed by atoms with Crippen LogP contribution in [0.5, 0.6) is 0 Å². The summed E-state index contributed by atoms with van der Waals surface area (Å²) in [5.74, 6) is -0.896. The Labute approximate surface area is 199 Å². The van der Waals surface area contributed by atoms with Crippen molar-refractivity contribution in [3.05, 3.63) is 59.7 Å². The van der Waals surface area contributed by atoms with Crippen LogP contribution in [-0.4, -0.2) is 42.6 Å². The summed E-state index contributed by atoms with van der Waals surface area (Å²) in [6, 6.07) is 15.6. The van der Waals surface area contributed by atoms with Crippen molar-refractivity contribution in [2.24, 2.45) is 11.5 Å². The predicted octanol–water partition coefficient (Wildman–Crippen LogP) is 2.55. The van der Waals surface area contributed by atoms with E-state index in [0.29, 0.717) is 32.2 Å². The lowest BCUT2D eigenvalue weighted by Crippen LogP contribution is -2.59. The molecule has 0 radical (unpaired) electrons. The van der Waals surface area contributed by atoms with Crippen molar-refractivity contribution in [3.8, 4) is 11.1 Å². The number of nitrogens with one attached hydrogen (secondary N) is 2. The van der Waals surface area contributed by atoms with Gasteiger partial charge in [0.15, 0.2) is 0 Å². The Morgan fingerprint density at radius 3 is 2.18 bits per heavy atom. The molecular weight excluding hydrogens is 432 g/mol. The molecule has 8 nitrogen and oxygen atoms in total. The number of hydrogen-bond acceptors (Lipinski definition) is 5. The fourth-order valence-electron chi connectivity index (χ4n) is 5.03. The topological polar surface area (TPSA) is 137 Å². The molecule has 0 spiro atoms. The third-order valence-corrected chi connectivity index (χ3v) is 6.93. The standard InChI is InChI=1S/C26H32N4O4/c27-22(23(31)30-26(24(28)32)13-5-6-14-26)12-7-15-29-25(33)34-16-21-19-10-3-1-8-17(19)18-9-2-4-11-20(18)21/h1-4,8-11,21-22H,5-7,12-16,27H2,(H2,28,32)(H,29,33)(H,30,31)/t22-/m0/s1. The molecule has 3 amide bonds. The van der Waals surface area contributed by atoms with Crippen LogP contribution in [0.1, 0.15) is 55.6 Å². The Kier molecular flexibility index (Phi) is 7.17. The first kappa shape index (κ1) is 23.8. The molecular formula is C26H32N4O4. The Balaban J connectivity index is 1.20. The maximum absolute atomic E-state index is 12.4. The van der Waals surface area contributed by atoms with Crippen molar-refractivity contribution >= 4 is 17.9 Å². The van der Waals surface area contributed by atoms with Crippen LogP contribution in [0.2, 0.25) is 0 Å². The molecule has 0 unspecified atom stereocenters. The van der Waals surface area contributed by atoms with Crippen molar-refractivity contribution in [2.45, 2.75) is 56.0 Å². The summed E-state index contributed by atoms with van der Waals surface area (Å²) in [6.45, 7) is 0.579. The SMILES string of the molecule is NC(=O)C1(NC(=O)[C@@H](N)CCCNC(=O)OCC2c3ccccc3-c3ccccc32)CCCC1. The summed E-state index contributed by atoms with van der Waals surface area (Å²) in [5, 5.41) is 5.48. The van der Waals surface area contributed by atoms with E-state index in [1.165, 1.54) is 11.1 Å². The van der Waals surface area contributed by atoms with Crippen LogP contribution in [0, 0.1) is 0 Å². The first-order valence-electron chi connectivity index (χ1n) is 11.9. The maximum atomic E-state index is 12.4. The molecule has 0 bridgehead atoms. The molecule has 1 fully saturated rings. The van der Waals surface area contributed by atoms with Gasteiger partial charge >= 0.3 is 6.09 Å². The Bertz CT molecular complexity index is 1020. The molecule has 2 aromatic carbocycles. The van der Waals surface area contributed by atoms with Gasteiger partial charge in [-0.2, -0.15) is 0 Å². The third-order valence-electron chi connectivity index (χ3n) is 6.93. The van der Waals surface area contributed by atoms with Crippen LogP contribution in [0.25, 0.3) is 11.1 Å². The van der Waals surface area contributed by atoms with Gasteiger partial charge in [0.25, 0.3) is 0 Å². The monoisotopic (exact) mass is 464 g/mol. The van der Waals surface area contributed by atoms with Gasteiger partial charge in [-0.05, 0) is 47.9 Å². The first-order valence-corrected chi connectivity index (χ1v) is 11.9. The highest BCUT2D eigenvalue weighted by atomic mass is 16.5. The second-order valence-corrected chi connectivity index (χ2v) is 9.14. The average molecular weight is 465 g/mol. The van der Waals surface area contributed by atoms with E-state index >= 15 is 0 Å². The van der Waals surface area contributed by atoms with E-state index in [9.17, 15) is 14.4 Å². The molecule has 2 aliphatic carbocycles. The van der Waals surface area contributed by atoms with Gasteiger partial charge in [-0.3, -0.25) is 9.59 Å². The number of hydrogen-bond donors (Lipinski definition) is 4. The number of nitrogens with two attached hydrogens (primary N) is 2. The van der Waals surface area contributed by atoms with Crippen molar-refractivity contribution in [2.75, 3.05) is 13.2 Å². The van der Waals surface area contributed by atoms with Gasteiger partial charge in [0.1, 0.15) is 12.1 Å². The lowest BCUT2D eigenvalue weighted by molar-refractivity contribution is -0.132. The predicted molar refractivity (Wildman–Crippen MR) is 129 cm³/mol. The van der Waals surface area contributed by atoms with Crippen LogP contribution in [-0.2, 0) is 14.3 Å². The smallest absolute Gasteiger partial charge is 0.407 e. The van der Waals surface area contributed by atoms with Crippen molar-refractivity contribution in [3.63, 3.8) is 0 Å². The summed E-state index contributed by atoms with van der Waals surface area (Å²) < 4.78 is 5.51. The summed E-state index contributed by atoms with van der Waals surface area (Å²) >= 11 is 0. The largest absolute Gasteiger partial charge is 0.449 e. The van der Waals surface area contributed by atoms with Gasteiger partial charge < -0.3 is 26.8 Å². The number of primary amides is 1. The van der Waals surface area contributed by atoms with Crippen LogP contribution in [0.3, 0.4) is 0 Å². The molecule has 1 atom stereocenters. The molecule has 34 heavy (non-hydrogen) atoms. The van der Waals surface area contributed by atoms with E-state index < -0.39 is 23.6 Å². The summed E-state index contributed by atoms with van der Waals surface area (Å²) in [7, 11) is 0. The fraction of sp³-hybridized carbons (Fsp3) is 0.423. The minimum Gasteiger partial charge on any atom is -0.449 e. The number of benzene rings is 2. The number of carbonyl (C=O) groups excluding carboxylic acids is 3. The minimum atomic E-state index is -0.978. The zero-order valence-electron chi connectivity index (χ0n) is 19.2. The third kappa shape index (κ3) is 4.92. The van der Waals surface area contributed by atoms with E-state index in [2.05, 4.69) is 34.9 Å². The molecule has 2 aliphatic rings. The van der Waals surface area contributed by atoms with Gasteiger partial charge in [-0.25, -0.2) is 4.79 Å². The van der Waals surface area contributed by atoms with Gasteiger partial charge in [-0.15, -0.1) is 0 Å². The molecule has 0 aliphatic heterocycles. The maximum Gasteiger partial charge on any atom is 0.407 e. The van der Waals surface area contributed by atoms with Crippen LogP contribution in [0.4, 0.5) is 4.79 Å². The molecule has 180 valence electrons. The molecule has 6 N–H and O–H groups in total. The molecule has 2 aromatic rings. The van der Waals surface area contributed by atoms with Crippen LogP contribution in [0.15, 0.2) is 48.5 Å². The number of alkyl carbamates (subject to hydrolysis) is 1. The zero-order chi connectivity index (χ0) is 24.1. The van der Waals surface area contributed by atoms with Crippen molar-refractivity contribution < 1.29 is 19.1 Å². The minimum absolute atomic E-state index is 0.00318. The molecule has 1 saturated carbocycles. The van der Waals surface area contributed by atoms with Crippen molar-refractivity contribution in [1.82, 2.24) is 10.6 Å². The van der Waals surface area contributed by atoms with E-state index in [-0.39, 0.29) is 18.4 Å². The number of amides is 3. The highest BCUT2D eigenvalue weighted by molar-refractivity contribution is 5.92. The van der Waals surface area contributed by atoms with Crippen LogP contribution < -0.4 is 22.1 Å². The normalized spacial score (nSPS) is 16.9. The molecule has 4 rings (SSSR count). The second kappa shape index (κ2) is 10.3. The Morgan fingerprint density at radius 1 is 1.00 bits per heavy atom. The van der Waals surface area contributed by atoms with E-state index in [4.69, 9.17) is 16.2 Å². The quantitative estimate of drug-likeness (QED) is 0.423. The number of carbonyl (C=O) groups is 3. The van der Waals surface area contributed by atoms with E-state index in [1.807, 2.05) is 24.3 Å². The molecule has 8 heteroatoms. The van der Waals surface area contributed by atoms with Gasteiger partial charge in [0.2, 0.25) is 11.8 Å². The van der Waals surface area contributed by atoms with Crippen molar-refractivity contribution in [1.29, 1.82) is 0 Å². The molecule has 0 aromatic heterocycles. The number of rotatable bonds is 9. The lowest BCUT2D eigenvalue weighted by Gasteiger charge is -2.28. The van der Waals surface area contributed by atoms with Gasteiger partial charge in [0, 0.05) is 12.5 Å². The average Bonchev–Trinajstić information content (AvgIpc) is 3.44. The van der Waals surface area contributed by atoms with E-state index in [0.717, 1.165) is 24.0 Å². The molecule has 0 heterocycles. The first-order chi connectivity index (χ1) is 16.4. The highest BCUT2D eigenvalue weighted by Crippen LogP contribution is 2.44. The second-order valence-electron chi connectivity index (χ2n) is 9.14. The summed E-state index contributed by atoms with van der Waals surface area (Å²) in [5.41, 5.74) is 15.2.